The van der Waals surface area contributed by atoms with Gasteiger partial charge in [-0.05, 0) is 30.7 Å². The molecule has 1 amide bonds. The molecule has 0 aromatic carbocycles. The zero-order valence-corrected chi connectivity index (χ0v) is 14.8. The molecule has 0 aliphatic heterocycles. The molecule has 23 heavy (non-hydrogen) atoms. The Morgan fingerprint density at radius 2 is 2.17 bits per heavy atom. The molecule has 2 aromatic heterocycles. The van der Waals surface area contributed by atoms with Gasteiger partial charge in [0.2, 0.25) is 0 Å². The molecule has 6 heteroatoms. The number of amides is 1. The molecule has 1 unspecified atom stereocenters. The molecular formula is C17H25N3O2S. The quantitative estimate of drug-likeness (QED) is 0.882. The Bertz CT molecular complexity index is 698. The van der Waals surface area contributed by atoms with Crippen molar-refractivity contribution in [2.45, 2.75) is 51.6 Å². The highest BCUT2D eigenvalue weighted by molar-refractivity contribution is 7.20. The maximum atomic E-state index is 12.4. The van der Waals surface area contributed by atoms with Gasteiger partial charge in [-0.1, -0.05) is 26.7 Å². The third kappa shape index (κ3) is 3.28. The number of fused-ring (bicyclic) bond motifs is 1. The number of aliphatic hydroxyl groups excluding tert-OH is 1. The summed E-state index contributed by atoms with van der Waals surface area (Å²) >= 11 is 1.46. The van der Waals surface area contributed by atoms with Gasteiger partial charge in [-0.3, -0.25) is 9.48 Å². The number of carbonyl (C=O) groups is 1. The van der Waals surface area contributed by atoms with Crippen molar-refractivity contribution in [3.05, 3.63) is 16.6 Å². The highest BCUT2D eigenvalue weighted by Gasteiger charge is 2.24. The van der Waals surface area contributed by atoms with E-state index in [0.29, 0.717) is 23.3 Å². The molecule has 0 bridgehead atoms. The van der Waals surface area contributed by atoms with Crippen LogP contribution in [0.4, 0.5) is 0 Å². The molecule has 5 nitrogen and oxygen atoms in total. The number of hydrogen-bond donors (Lipinski definition) is 2. The smallest absolute Gasteiger partial charge is 0.261 e. The second-order valence-electron chi connectivity index (χ2n) is 6.81. The molecule has 3 rings (SSSR count). The molecule has 0 saturated heterocycles. The van der Waals surface area contributed by atoms with Crippen molar-refractivity contribution in [3.8, 4) is 0 Å². The summed E-state index contributed by atoms with van der Waals surface area (Å²) in [5, 5.41) is 18.7. The topological polar surface area (TPSA) is 67.2 Å². The molecule has 1 atom stereocenters. The highest BCUT2D eigenvalue weighted by Crippen LogP contribution is 2.31. The van der Waals surface area contributed by atoms with E-state index in [4.69, 9.17) is 0 Å². The van der Waals surface area contributed by atoms with Crippen LogP contribution in [-0.4, -0.2) is 33.4 Å². The first-order chi connectivity index (χ1) is 11.0. The normalized spacial score (nSPS) is 17.3. The lowest BCUT2D eigenvalue weighted by atomic mass is 10.0. The van der Waals surface area contributed by atoms with Crippen LogP contribution in [0.5, 0.6) is 0 Å². The maximum Gasteiger partial charge on any atom is 0.261 e. The first kappa shape index (κ1) is 16.5. The second-order valence-corrected chi connectivity index (χ2v) is 7.85. The minimum Gasteiger partial charge on any atom is -0.391 e. The van der Waals surface area contributed by atoms with Crippen LogP contribution in [0.15, 0.2) is 6.07 Å². The third-order valence-electron chi connectivity index (χ3n) is 4.73. The van der Waals surface area contributed by atoms with Crippen molar-refractivity contribution in [2.75, 3.05) is 6.54 Å². The SMILES string of the molecule is CC(C)c1nn(C)c2sc(C(=O)NCC(O)C3CCCC3)cc12. The first-order valence-electron chi connectivity index (χ1n) is 8.40. The maximum absolute atomic E-state index is 12.4. The van der Waals surface area contributed by atoms with E-state index in [-0.39, 0.29) is 5.91 Å². The predicted octanol–water partition coefficient (Wildman–Crippen LogP) is 3.04. The second kappa shape index (κ2) is 6.61. The van der Waals surface area contributed by atoms with Gasteiger partial charge in [-0.2, -0.15) is 5.10 Å². The predicted molar refractivity (Wildman–Crippen MR) is 93.0 cm³/mol. The molecule has 0 radical (unpaired) electrons. The average Bonchev–Trinajstić information content (AvgIpc) is 3.22. The van der Waals surface area contributed by atoms with Gasteiger partial charge < -0.3 is 10.4 Å². The number of hydrogen-bond acceptors (Lipinski definition) is 4. The highest BCUT2D eigenvalue weighted by atomic mass is 32.1. The van der Waals surface area contributed by atoms with E-state index in [9.17, 15) is 9.90 Å². The molecule has 1 aliphatic rings. The van der Waals surface area contributed by atoms with Gasteiger partial charge in [0.15, 0.2) is 0 Å². The van der Waals surface area contributed by atoms with E-state index in [1.54, 1.807) is 0 Å². The van der Waals surface area contributed by atoms with Crippen LogP contribution in [0.2, 0.25) is 0 Å². The Morgan fingerprint density at radius 1 is 1.48 bits per heavy atom. The number of aryl methyl sites for hydroxylation is 1. The number of aliphatic hydroxyl groups is 1. The van der Waals surface area contributed by atoms with Gasteiger partial charge in [0.25, 0.3) is 5.91 Å². The average molecular weight is 335 g/mol. The fraction of sp³-hybridized carbons (Fsp3) is 0.647. The molecule has 126 valence electrons. The van der Waals surface area contributed by atoms with Crippen molar-refractivity contribution in [2.24, 2.45) is 13.0 Å². The van der Waals surface area contributed by atoms with Crippen LogP contribution in [0.3, 0.4) is 0 Å². The largest absolute Gasteiger partial charge is 0.391 e. The van der Waals surface area contributed by atoms with E-state index >= 15 is 0 Å². The van der Waals surface area contributed by atoms with E-state index in [1.807, 2.05) is 17.8 Å². The number of rotatable bonds is 5. The van der Waals surface area contributed by atoms with Crippen LogP contribution < -0.4 is 5.32 Å². The van der Waals surface area contributed by atoms with Crippen LogP contribution in [0, 0.1) is 5.92 Å². The van der Waals surface area contributed by atoms with E-state index in [2.05, 4.69) is 24.3 Å². The zero-order chi connectivity index (χ0) is 16.6. The van der Waals surface area contributed by atoms with Gasteiger partial charge >= 0.3 is 0 Å². The Morgan fingerprint density at radius 3 is 2.83 bits per heavy atom. The van der Waals surface area contributed by atoms with Crippen molar-refractivity contribution in [3.63, 3.8) is 0 Å². The first-order valence-corrected chi connectivity index (χ1v) is 9.21. The monoisotopic (exact) mass is 335 g/mol. The minimum atomic E-state index is -0.427. The summed E-state index contributed by atoms with van der Waals surface area (Å²) in [5.41, 5.74) is 1.03. The molecule has 2 heterocycles. The van der Waals surface area contributed by atoms with Crippen molar-refractivity contribution in [1.82, 2.24) is 15.1 Å². The fourth-order valence-electron chi connectivity index (χ4n) is 3.40. The summed E-state index contributed by atoms with van der Waals surface area (Å²) in [5.74, 6) is 0.570. The molecule has 0 spiro atoms. The summed E-state index contributed by atoms with van der Waals surface area (Å²) in [6.45, 7) is 4.56. The zero-order valence-electron chi connectivity index (χ0n) is 14.0. The number of thiophene rings is 1. The molecule has 1 fully saturated rings. The summed E-state index contributed by atoms with van der Waals surface area (Å²) < 4.78 is 1.85. The Balaban J connectivity index is 1.69. The molecular weight excluding hydrogens is 310 g/mol. The van der Waals surface area contributed by atoms with E-state index in [1.165, 1.54) is 24.2 Å². The van der Waals surface area contributed by atoms with Crippen LogP contribution in [-0.2, 0) is 7.05 Å². The molecule has 1 saturated carbocycles. The Labute approximate surface area is 140 Å². The minimum absolute atomic E-state index is 0.0991. The van der Waals surface area contributed by atoms with E-state index < -0.39 is 6.10 Å². The van der Waals surface area contributed by atoms with Crippen molar-refractivity contribution >= 4 is 27.5 Å². The number of carbonyl (C=O) groups excluding carboxylic acids is 1. The Kier molecular flexibility index (Phi) is 4.73. The standard InChI is InChI=1S/C17H25N3O2S/c1-10(2)15-12-8-14(23-17(12)20(3)19-15)16(22)18-9-13(21)11-6-4-5-7-11/h8,10-11,13,21H,4-7,9H2,1-3H3,(H,18,22). The van der Waals surface area contributed by atoms with Crippen LogP contribution in [0.1, 0.15) is 60.8 Å². The molecule has 2 N–H and O–H groups in total. The fourth-order valence-corrected chi connectivity index (χ4v) is 4.39. The van der Waals surface area contributed by atoms with Crippen LogP contribution >= 0.6 is 11.3 Å². The number of nitrogens with zero attached hydrogens (tertiary/aromatic N) is 2. The Hall–Kier alpha value is -1.40. The summed E-state index contributed by atoms with van der Waals surface area (Å²) in [6, 6.07) is 1.93. The van der Waals surface area contributed by atoms with Crippen molar-refractivity contribution in [1.29, 1.82) is 0 Å². The van der Waals surface area contributed by atoms with Gasteiger partial charge in [-0.25, -0.2) is 0 Å². The van der Waals surface area contributed by atoms with Gasteiger partial charge in [-0.15, -0.1) is 11.3 Å². The number of aromatic nitrogens is 2. The van der Waals surface area contributed by atoms with Gasteiger partial charge in [0.05, 0.1) is 16.7 Å². The van der Waals surface area contributed by atoms with Crippen LogP contribution in [0.25, 0.3) is 10.2 Å². The van der Waals surface area contributed by atoms with Gasteiger partial charge in [0, 0.05) is 19.0 Å². The third-order valence-corrected chi connectivity index (χ3v) is 5.93. The van der Waals surface area contributed by atoms with Crippen molar-refractivity contribution < 1.29 is 9.90 Å². The number of nitrogens with one attached hydrogen (secondary N) is 1. The molecule has 1 aliphatic carbocycles. The lowest BCUT2D eigenvalue weighted by molar-refractivity contribution is 0.0844. The summed E-state index contributed by atoms with van der Waals surface area (Å²) in [6.07, 6.45) is 4.10. The lowest BCUT2D eigenvalue weighted by Crippen LogP contribution is -2.35. The lowest BCUT2D eigenvalue weighted by Gasteiger charge is -2.17. The molecule has 2 aromatic rings. The summed E-state index contributed by atoms with van der Waals surface area (Å²) in [7, 11) is 1.91. The summed E-state index contributed by atoms with van der Waals surface area (Å²) in [4.78, 5) is 14.1. The van der Waals surface area contributed by atoms with E-state index in [0.717, 1.165) is 28.8 Å². The van der Waals surface area contributed by atoms with Gasteiger partial charge in [0.1, 0.15) is 4.83 Å².